The summed E-state index contributed by atoms with van der Waals surface area (Å²) >= 11 is 0. The van der Waals surface area contributed by atoms with Crippen LogP contribution in [0.2, 0.25) is 0 Å². The molecule has 0 aliphatic rings. The molecule has 6 heteroatoms. The Balaban J connectivity index is 2.64. The highest BCUT2D eigenvalue weighted by molar-refractivity contribution is 6.06. The number of aromatic carboxylic acids is 1. The van der Waals surface area contributed by atoms with Gasteiger partial charge in [-0.25, -0.2) is 9.59 Å². The number of fused-ring (bicyclic) bond motifs is 1. The van der Waals surface area contributed by atoms with Crippen LogP contribution in [0.4, 0.5) is 0 Å². The van der Waals surface area contributed by atoms with Gasteiger partial charge in [-0.1, -0.05) is 0 Å². The van der Waals surface area contributed by atoms with Crippen molar-refractivity contribution in [3.05, 3.63) is 29.5 Å². The van der Waals surface area contributed by atoms with Crippen molar-refractivity contribution in [3.63, 3.8) is 0 Å². The number of esters is 1. The summed E-state index contributed by atoms with van der Waals surface area (Å²) in [7, 11) is 1.43. The van der Waals surface area contributed by atoms with Gasteiger partial charge in [0.15, 0.2) is 11.3 Å². The molecule has 100 valence electrons. The van der Waals surface area contributed by atoms with Crippen LogP contribution in [-0.4, -0.2) is 30.8 Å². The summed E-state index contributed by atoms with van der Waals surface area (Å²) in [6.07, 6.45) is 0. The van der Waals surface area contributed by atoms with Crippen LogP contribution in [0, 0.1) is 0 Å². The average molecular weight is 264 g/mol. The number of carboxylic acids is 1. The van der Waals surface area contributed by atoms with Gasteiger partial charge in [0.2, 0.25) is 5.76 Å². The quantitative estimate of drug-likeness (QED) is 0.853. The summed E-state index contributed by atoms with van der Waals surface area (Å²) < 4.78 is 15.2. The summed E-state index contributed by atoms with van der Waals surface area (Å²) in [5.41, 5.74) is 0.251. The van der Waals surface area contributed by atoms with Gasteiger partial charge in [0.1, 0.15) is 0 Å². The van der Waals surface area contributed by atoms with Gasteiger partial charge in [-0.3, -0.25) is 0 Å². The molecule has 0 amide bonds. The Morgan fingerprint density at radius 2 is 2.11 bits per heavy atom. The van der Waals surface area contributed by atoms with Gasteiger partial charge in [-0.15, -0.1) is 0 Å². The second kappa shape index (κ2) is 5.01. The maximum Gasteiger partial charge on any atom is 0.374 e. The van der Waals surface area contributed by atoms with Gasteiger partial charge in [-0.2, -0.15) is 0 Å². The third-order valence-electron chi connectivity index (χ3n) is 2.57. The van der Waals surface area contributed by atoms with E-state index >= 15 is 0 Å². The minimum Gasteiger partial charge on any atom is -0.493 e. The molecule has 0 aliphatic carbocycles. The van der Waals surface area contributed by atoms with Gasteiger partial charge in [0, 0.05) is 11.5 Å². The van der Waals surface area contributed by atoms with Crippen molar-refractivity contribution >= 4 is 22.9 Å². The Kier molecular flexibility index (Phi) is 3.41. The van der Waals surface area contributed by atoms with E-state index in [2.05, 4.69) is 0 Å². The molecule has 0 aliphatic heterocycles. The number of benzene rings is 1. The maximum atomic E-state index is 11.6. The second-order valence-corrected chi connectivity index (χ2v) is 3.69. The molecule has 0 bridgehead atoms. The number of rotatable bonds is 4. The minimum atomic E-state index is -1.11. The highest BCUT2D eigenvalue weighted by Gasteiger charge is 2.20. The lowest BCUT2D eigenvalue weighted by atomic mass is 10.1. The predicted molar refractivity (Wildman–Crippen MR) is 65.7 cm³/mol. The molecule has 2 rings (SSSR count). The van der Waals surface area contributed by atoms with Gasteiger partial charge < -0.3 is 19.0 Å². The Morgan fingerprint density at radius 1 is 1.37 bits per heavy atom. The number of carbonyl (C=O) groups excluding carboxylic acids is 1. The lowest BCUT2D eigenvalue weighted by Gasteiger charge is -2.02. The molecule has 1 aromatic carbocycles. The van der Waals surface area contributed by atoms with E-state index in [9.17, 15) is 9.59 Å². The van der Waals surface area contributed by atoms with Crippen LogP contribution in [-0.2, 0) is 4.74 Å². The highest BCUT2D eigenvalue weighted by atomic mass is 16.5. The third-order valence-corrected chi connectivity index (χ3v) is 2.57. The van der Waals surface area contributed by atoms with E-state index in [4.69, 9.17) is 19.0 Å². The van der Waals surface area contributed by atoms with Crippen LogP contribution in [0.1, 0.15) is 27.8 Å². The number of carbonyl (C=O) groups is 2. The first-order valence-corrected chi connectivity index (χ1v) is 5.59. The SMILES string of the molecule is CCOC(=O)c1cc2c(C(=O)O)ccc(OC)c2o1. The fourth-order valence-corrected chi connectivity index (χ4v) is 1.75. The first kappa shape index (κ1) is 12.9. The monoisotopic (exact) mass is 264 g/mol. The summed E-state index contributed by atoms with van der Waals surface area (Å²) in [4.78, 5) is 22.7. The molecule has 0 spiro atoms. The average Bonchev–Trinajstić information content (AvgIpc) is 2.82. The van der Waals surface area contributed by atoms with Crippen LogP contribution in [0.3, 0.4) is 0 Å². The van der Waals surface area contributed by atoms with Crippen molar-refractivity contribution in [1.29, 1.82) is 0 Å². The van der Waals surface area contributed by atoms with Crippen molar-refractivity contribution < 1.29 is 28.6 Å². The lowest BCUT2D eigenvalue weighted by molar-refractivity contribution is 0.0492. The van der Waals surface area contributed by atoms with E-state index < -0.39 is 11.9 Å². The number of methoxy groups -OCH3 is 1. The largest absolute Gasteiger partial charge is 0.493 e. The second-order valence-electron chi connectivity index (χ2n) is 3.69. The van der Waals surface area contributed by atoms with Crippen molar-refractivity contribution in [2.45, 2.75) is 6.92 Å². The zero-order chi connectivity index (χ0) is 14.0. The normalized spacial score (nSPS) is 10.4. The Bertz CT molecular complexity index is 640. The first-order chi connectivity index (χ1) is 9.08. The van der Waals surface area contributed by atoms with Gasteiger partial charge in [0.05, 0.1) is 19.3 Å². The summed E-state index contributed by atoms with van der Waals surface area (Å²) in [6, 6.07) is 4.22. The maximum absolute atomic E-state index is 11.6. The van der Waals surface area contributed by atoms with Crippen molar-refractivity contribution in [1.82, 2.24) is 0 Å². The van der Waals surface area contributed by atoms with E-state index in [1.165, 1.54) is 25.3 Å². The molecule has 0 atom stereocenters. The zero-order valence-electron chi connectivity index (χ0n) is 10.4. The van der Waals surface area contributed by atoms with Gasteiger partial charge in [-0.05, 0) is 19.1 Å². The van der Waals surface area contributed by atoms with Crippen LogP contribution in [0.25, 0.3) is 11.0 Å². The molecule has 0 saturated carbocycles. The predicted octanol–water partition coefficient (Wildman–Crippen LogP) is 2.32. The highest BCUT2D eigenvalue weighted by Crippen LogP contribution is 2.31. The van der Waals surface area contributed by atoms with Crippen LogP contribution in [0.15, 0.2) is 22.6 Å². The van der Waals surface area contributed by atoms with Crippen LogP contribution in [0.5, 0.6) is 5.75 Å². The Labute approximate surface area is 108 Å². The molecule has 2 aromatic rings. The fourth-order valence-electron chi connectivity index (χ4n) is 1.75. The third kappa shape index (κ3) is 2.24. The number of furan rings is 1. The molecular weight excluding hydrogens is 252 g/mol. The molecule has 0 saturated heterocycles. The lowest BCUT2D eigenvalue weighted by Crippen LogP contribution is -2.02. The summed E-state index contributed by atoms with van der Waals surface area (Å²) in [6.45, 7) is 1.88. The fraction of sp³-hybridized carbons (Fsp3) is 0.231. The van der Waals surface area contributed by atoms with Gasteiger partial charge in [0.25, 0.3) is 0 Å². The molecule has 1 N–H and O–H groups in total. The molecule has 1 heterocycles. The van der Waals surface area contributed by atoms with E-state index in [0.717, 1.165) is 0 Å². The number of ether oxygens (including phenoxy) is 2. The molecule has 0 radical (unpaired) electrons. The number of hydrogen-bond donors (Lipinski definition) is 1. The van der Waals surface area contributed by atoms with Crippen LogP contribution < -0.4 is 4.74 Å². The molecule has 1 aromatic heterocycles. The first-order valence-electron chi connectivity index (χ1n) is 5.59. The van der Waals surface area contributed by atoms with E-state index in [1.807, 2.05) is 0 Å². The molecule has 19 heavy (non-hydrogen) atoms. The summed E-state index contributed by atoms with van der Waals surface area (Å²) in [5, 5.41) is 9.40. The van der Waals surface area contributed by atoms with Crippen LogP contribution >= 0.6 is 0 Å². The number of carboxylic acid groups (broad SMARTS) is 1. The standard InChI is InChI=1S/C13H12O6/c1-3-18-13(16)10-6-8-7(12(14)15)4-5-9(17-2)11(8)19-10/h4-6H,3H2,1-2H3,(H,14,15). The molecular formula is C13H12O6. The van der Waals surface area contributed by atoms with E-state index in [-0.39, 0.29) is 23.5 Å². The van der Waals surface area contributed by atoms with Gasteiger partial charge >= 0.3 is 11.9 Å². The van der Waals surface area contributed by atoms with Crippen molar-refractivity contribution in [2.24, 2.45) is 0 Å². The number of hydrogen-bond acceptors (Lipinski definition) is 5. The smallest absolute Gasteiger partial charge is 0.374 e. The topological polar surface area (TPSA) is 86.0 Å². The zero-order valence-corrected chi connectivity index (χ0v) is 10.4. The van der Waals surface area contributed by atoms with Crippen molar-refractivity contribution in [3.8, 4) is 5.75 Å². The molecule has 0 fully saturated rings. The minimum absolute atomic E-state index is 0.0371. The Hall–Kier alpha value is -2.50. The van der Waals surface area contributed by atoms with E-state index in [1.54, 1.807) is 6.92 Å². The van der Waals surface area contributed by atoms with E-state index in [0.29, 0.717) is 11.1 Å². The molecule has 6 nitrogen and oxygen atoms in total. The Morgan fingerprint density at radius 3 is 2.68 bits per heavy atom. The summed E-state index contributed by atoms with van der Waals surface area (Å²) in [5.74, 6) is -1.44. The van der Waals surface area contributed by atoms with Crippen molar-refractivity contribution in [2.75, 3.05) is 13.7 Å². The molecule has 0 unspecified atom stereocenters.